The third-order valence-corrected chi connectivity index (χ3v) is 3.72. The molecule has 1 saturated heterocycles. The van der Waals surface area contributed by atoms with Gasteiger partial charge in [-0.2, -0.15) is 0 Å². The lowest BCUT2D eigenvalue weighted by molar-refractivity contribution is 0.0286. The molecule has 1 unspecified atom stereocenters. The standard InChI is InChI=1S/C14H30N2O/c1-12(2)11-15-8-5-13(3)16-9-6-14(17-4)7-10-16/h12-15H,5-11H2,1-4H3. The van der Waals surface area contributed by atoms with Crippen LogP contribution in [0.2, 0.25) is 0 Å². The second kappa shape index (κ2) is 8.06. The van der Waals surface area contributed by atoms with Crippen LogP contribution in [0.5, 0.6) is 0 Å². The van der Waals surface area contributed by atoms with Crippen molar-refractivity contribution in [3.8, 4) is 0 Å². The Bertz CT molecular complexity index is 189. The second-order valence-electron chi connectivity index (χ2n) is 5.71. The molecule has 1 N–H and O–H groups in total. The molecule has 1 atom stereocenters. The third-order valence-electron chi connectivity index (χ3n) is 3.72. The van der Waals surface area contributed by atoms with E-state index in [0.29, 0.717) is 12.1 Å². The summed E-state index contributed by atoms with van der Waals surface area (Å²) in [4.78, 5) is 2.60. The molecule has 0 aromatic carbocycles. The number of methoxy groups -OCH3 is 1. The fourth-order valence-corrected chi connectivity index (χ4v) is 2.44. The lowest BCUT2D eigenvalue weighted by Gasteiger charge is -2.35. The average molecular weight is 242 g/mol. The summed E-state index contributed by atoms with van der Waals surface area (Å²) >= 11 is 0. The molecule has 0 saturated carbocycles. The van der Waals surface area contributed by atoms with E-state index in [1.165, 1.54) is 32.4 Å². The summed E-state index contributed by atoms with van der Waals surface area (Å²) in [5, 5.41) is 3.52. The van der Waals surface area contributed by atoms with E-state index in [1.807, 2.05) is 7.11 Å². The molecule has 1 aliphatic heterocycles. The lowest BCUT2D eigenvalue weighted by Crippen LogP contribution is -2.43. The molecule has 0 spiro atoms. The van der Waals surface area contributed by atoms with Crippen molar-refractivity contribution in [2.45, 2.75) is 52.2 Å². The minimum atomic E-state index is 0.498. The van der Waals surface area contributed by atoms with E-state index in [1.54, 1.807) is 0 Å². The van der Waals surface area contributed by atoms with Crippen LogP contribution in [0.15, 0.2) is 0 Å². The molecule has 0 amide bonds. The highest BCUT2D eigenvalue weighted by atomic mass is 16.5. The summed E-state index contributed by atoms with van der Waals surface area (Å²) in [5.41, 5.74) is 0. The van der Waals surface area contributed by atoms with Gasteiger partial charge in [0.1, 0.15) is 0 Å². The molecule has 1 heterocycles. The van der Waals surface area contributed by atoms with Gasteiger partial charge in [-0.1, -0.05) is 13.8 Å². The van der Waals surface area contributed by atoms with Crippen LogP contribution in [0.25, 0.3) is 0 Å². The molecule has 102 valence electrons. The summed E-state index contributed by atoms with van der Waals surface area (Å²) in [5.74, 6) is 0.753. The highest BCUT2D eigenvalue weighted by Gasteiger charge is 2.21. The van der Waals surface area contributed by atoms with Gasteiger partial charge in [0.05, 0.1) is 6.10 Å². The van der Waals surface area contributed by atoms with Crippen molar-refractivity contribution in [1.82, 2.24) is 10.2 Å². The number of nitrogens with one attached hydrogen (secondary N) is 1. The first-order chi connectivity index (χ1) is 8.13. The average Bonchev–Trinajstić information content (AvgIpc) is 2.34. The smallest absolute Gasteiger partial charge is 0.0595 e. The van der Waals surface area contributed by atoms with Crippen molar-refractivity contribution < 1.29 is 4.74 Å². The van der Waals surface area contributed by atoms with Crippen molar-refractivity contribution in [1.29, 1.82) is 0 Å². The Balaban J connectivity index is 2.09. The van der Waals surface area contributed by atoms with Gasteiger partial charge in [0, 0.05) is 26.2 Å². The molecular weight excluding hydrogens is 212 g/mol. The largest absolute Gasteiger partial charge is 0.381 e. The Hall–Kier alpha value is -0.120. The van der Waals surface area contributed by atoms with Gasteiger partial charge < -0.3 is 15.0 Å². The lowest BCUT2D eigenvalue weighted by atomic mass is 10.0. The fourth-order valence-electron chi connectivity index (χ4n) is 2.44. The quantitative estimate of drug-likeness (QED) is 0.692. The van der Waals surface area contributed by atoms with Gasteiger partial charge in [0.2, 0.25) is 0 Å². The van der Waals surface area contributed by atoms with E-state index in [4.69, 9.17) is 4.74 Å². The highest BCUT2D eigenvalue weighted by molar-refractivity contribution is 4.76. The second-order valence-corrected chi connectivity index (χ2v) is 5.71. The molecule has 0 aliphatic carbocycles. The van der Waals surface area contributed by atoms with Crippen LogP contribution in [0.4, 0.5) is 0 Å². The number of hydrogen-bond acceptors (Lipinski definition) is 3. The first-order valence-corrected chi connectivity index (χ1v) is 7.11. The fraction of sp³-hybridized carbons (Fsp3) is 1.00. The predicted molar refractivity (Wildman–Crippen MR) is 73.4 cm³/mol. The summed E-state index contributed by atoms with van der Waals surface area (Å²) < 4.78 is 5.41. The Labute approximate surface area is 107 Å². The topological polar surface area (TPSA) is 24.5 Å². The van der Waals surface area contributed by atoms with Crippen LogP contribution in [0, 0.1) is 5.92 Å². The molecule has 0 aromatic heterocycles. The molecule has 1 aliphatic rings. The Morgan fingerprint density at radius 1 is 1.24 bits per heavy atom. The molecule has 17 heavy (non-hydrogen) atoms. The van der Waals surface area contributed by atoms with E-state index >= 15 is 0 Å². The molecule has 0 bridgehead atoms. The van der Waals surface area contributed by atoms with Crippen LogP contribution in [-0.2, 0) is 4.74 Å². The first kappa shape index (κ1) is 14.9. The van der Waals surface area contributed by atoms with Crippen molar-refractivity contribution >= 4 is 0 Å². The Morgan fingerprint density at radius 3 is 2.41 bits per heavy atom. The van der Waals surface area contributed by atoms with Gasteiger partial charge >= 0.3 is 0 Å². The van der Waals surface area contributed by atoms with Crippen LogP contribution < -0.4 is 5.32 Å². The van der Waals surface area contributed by atoms with Gasteiger partial charge in [-0.25, -0.2) is 0 Å². The number of ether oxygens (including phenoxy) is 1. The predicted octanol–water partition coefficient (Wildman–Crippen LogP) is 2.12. The molecular formula is C14H30N2O. The van der Waals surface area contributed by atoms with Crippen molar-refractivity contribution in [2.24, 2.45) is 5.92 Å². The number of piperidine rings is 1. The Kier molecular flexibility index (Phi) is 7.09. The van der Waals surface area contributed by atoms with Crippen LogP contribution in [0.1, 0.15) is 40.0 Å². The zero-order valence-corrected chi connectivity index (χ0v) is 12.0. The van der Waals surface area contributed by atoms with Crippen molar-refractivity contribution in [3.05, 3.63) is 0 Å². The van der Waals surface area contributed by atoms with Gasteiger partial charge in [0.25, 0.3) is 0 Å². The van der Waals surface area contributed by atoms with E-state index in [2.05, 4.69) is 31.0 Å². The van der Waals surface area contributed by atoms with Crippen LogP contribution in [-0.4, -0.2) is 50.3 Å². The summed E-state index contributed by atoms with van der Waals surface area (Å²) in [6.07, 6.45) is 4.14. The first-order valence-electron chi connectivity index (χ1n) is 7.11. The van der Waals surface area contributed by atoms with Gasteiger partial charge in [-0.15, -0.1) is 0 Å². The zero-order valence-electron chi connectivity index (χ0n) is 12.0. The molecule has 0 radical (unpaired) electrons. The van der Waals surface area contributed by atoms with Crippen molar-refractivity contribution in [3.63, 3.8) is 0 Å². The minimum absolute atomic E-state index is 0.498. The summed E-state index contributed by atoms with van der Waals surface area (Å²) in [6, 6.07) is 0.701. The maximum atomic E-state index is 5.41. The number of rotatable bonds is 7. The summed E-state index contributed by atoms with van der Waals surface area (Å²) in [7, 11) is 1.83. The number of likely N-dealkylation sites (tertiary alicyclic amines) is 1. The third kappa shape index (κ3) is 5.84. The monoisotopic (exact) mass is 242 g/mol. The molecule has 0 aromatic rings. The number of hydrogen-bond donors (Lipinski definition) is 1. The molecule has 3 heteroatoms. The van der Waals surface area contributed by atoms with E-state index in [0.717, 1.165) is 19.0 Å². The Morgan fingerprint density at radius 2 is 1.88 bits per heavy atom. The summed E-state index contributed by atoms with van der Waals surface area (Å²) in [6.45, 7) is 11.5. The van der Waals surface area contributed by atoms with Crippen LogP contribution in [0.3, 0.4) is 0 Å². The van der Waals surface area contributed by atoms with Crippen LogP contribution >= 0.6 is 0 Å². The van der Waals surface area contributed by atoms with Gasteiger partial charge in [-0.3, -0.25) is 0 Å². The SMILES string of the molecule is COC1CCN(C(C)CCNCC(C)C)CC1. The highest BCUT2D eigenvalue weighted by Crippen LogP contribution is 2.16. The maximum absolute atomic E-state index is 5.41. The normalized spacial score (nSPS) is 21.0. The maximum Gasteiger partial charge on any atom is 0.0595 e. The van der Waals surface area contributed by atoms with E-state index in [9.17, 15) is 0 Å². The number of nitrogens with zero attached hydrogens (tertiary/aromatic N) is 1. The minimum Gasteiger partial charge on any atom is -0.381 e. The zero-order chi connectivity index (χ0) is 12.7. The van der Waals surface area contributed by atoms with Crippen molar-refractivity contribution in [2.75, 3.05) is 33.3 Å². The van der Waals surface area contributed by atoms with E-state index in [-0.39, 0.29) is 0 Å². The van der Waals surface area contributed by atoms with Gasteiger partial charge in [-0.05, 0) is 45.2 Å². The van der Waals surface area contributed by atoms with E-state index < -0.39 is 0 Å². The van der Waals surface area contributed by atoms with Gasteiger partial charge in [0.15, 0.2) is 0 Å². The molecule has 3 nitrogen and oxygen atoms in total. The molecule has 1 rings (SSSR count). The molecule has 1 fully saturated rings.